The highest BCUT2D eigenvalue weighted by Crippen LogP contribution is 2.24. The second kappa shape index (κ2) is 5.43. The quantitative estimate of drug-likeness (QED) is 0.535. The van der Waals surface area contributed by atoms with Gasteiger partial charge in [-0.05, 0) is 18.2 Å². The number of anilines is 1. The molecular formula is C8H8ClNO7S2. The number of carbonyl (C=O) groups is 1. The summed E-state index contributed by atoms with van der Waals surface area (Å²) in [5, 5.41) is 1.99. The van der Waals surface area contributed by atoms with Crippen LogP contribution in [0.15, 0.2) is 28.0 Å². The summed E-state index contributed by atoms with van der Waals surface area (Å²) >= 11 is 5.21. The third-order valence-corrected chi connectivity index (χ3v) is 3.93. The van der Waals surface area contributed by atoms with Crippen molar-refractivity contribution in [2.24, 2.45) is 0 Å². The van der Waals surface area contributed by atoms with E-state index in [-0.39, 0.29) is 0 Å². The van der Waals surface area contributed by atoms with Gasteiger partial charge in [0.05, 0.1) is 10.6 Å². The second-order valence-electron chi connectivity index (χ2n) is 3.29. The molecule has 19 heavy (non-hydrogen) atoms. The lowest BCUT2D eigenvalue weighted by Gasteiger charge is -2.09. The fraction of sp³-hybridized carbons (Fsp3) is 0.125. The SMILES string of the molecule is O=C(CCl)Nc1cc(S(=O)(=O)O)ccc1S(=O)(=O)O. The highest BCUT2D eigenvalue weighted by molar-refractivity contribution is 7.86. The molecule has 0 saturated heterocycles. The third-order valence-electron chi connectivity index (χ3n) is 1.92. The van der Waals surface area contributed by atoms with Crippen molar-refractivity contribution in [3.63, 3.8) is 0 Å². The van der Waals surface area contributed by atoms with Gasteiger partial charge in [0.25, 0.3) is 20.2 Å². The van der Waals surface area contributed by atoms with Gasteiger partial charge in [0.1, 0.15) is 10.8 Å². The fourth-order valence-corrected chi connectivity index (χ4v) is 2.38. The topological polar surface area (TPSA) is 138 Å². The van der Waals surface area contributed by atoms with Crippen molar-refractivity contribution in [1.29, 1.82) is 0 Å². The Hall–Kier alpha value is -1.20. The van der Waals surface area contributed by atoms with Crippen molar-refractivity contribution in [1.82, 2.24) is 0 Å². The van der Waals surface area contributed by atoms with E-state index < -0.39 is 47.5 Å². The largest absolute Gasteiger partial charge is 0.324 e. The lowest BCUT2D eigenvalue weighted by atomic mass is 10.3. The van der Waals surface area contributed by atoms with Crippen molar-refractivity contribution < 1.29 is 30.7 Å². The number of alkyl halides is 1. The maximum absolute atomic E-state index is 11.1. The van der Waals surface area contributed by atoms with Gasteiger partial charge in [0.15, 0.2) is 0 Å². The molecule has 8 nitrogen and oxygen atoms in total. The predicted molar refractivity (Wildman–Crippen MR) is 65.4 cm³/mol. The molecule has 0 bridgehead atoms. The van der Waals surface area contributed by atoms with Gasteiger partial charge in [0.2, 0.25) is 5.91 Å². The lowest BCUT2D eigenvalue weighted by molar-refractivity contribution is -0.113. The van der Waals surface area contributed by atoms with Crippen LogP contribution in [0.3, 0.4) is 0 Å². The molecular weight excluding hydrogens is 322 g/mol. The first kappa shape index (κ1) is 15.9. The van der Waals surface area contributed by atoms with E-state index >= 15 is 0 Å². The van der Waals surface area contributed by atoms with E-state index in [0.717, 1.165) is 12.1 Å². The normalized spacial score (nSPS) is 12.2. The Morgan fingerprint density at radius 1 is 1.16 bits per heavy atom. The zero-order chi connectivity index (χ0) is 14.8. The molecule has 0 heterocycles. The van der Waals surface area contributed by atoms with Crippen LogP contribution in [0.1, 0.15) is 0 Å². The minimum Gasteiger partial charge on any atom is -0.324 e. The highest BCUT2D eigenvalue weighted by atomic mass is 35.5. The Balaban J connectivity index is 3.48. The first-order valence-corrected chi connectivity index (χ1v) is 7.92. The van der Waals surface area contributed by atoms with Gasteiger partial charge in [-0.15, -0.1) is 11.6 Å². The van der Waals surface area contributed by atoms with Crippen LogP contribution in [0, 0.1) is 0 Å². The average Bonchev–Trinajstić information content (AvgIpc) is 2.26. The van der Waals surface area contributed by atoms with Gasteiger partial charge < -0.3 is 5.32 Å². The van der Waals surface area contributed by atoms with E-state index in [4.69, 9.17) is 20.7 Å². The molecule has 3 N–H and O–H groups in total. The maximum atomic E-state index is 11.1. The molecule has 0 aliphatic heterocycles. The van der Waals surface area contributed by atoms with Crippen LogP contribution < -0.4 is 5.32 Å². The number of hydrogen-bond acceptors (Lipinski definition) is 5. The number of nitrogens with one attached hydrogen (secondary N) is 1. The van der Waals surface area contributed by atoms with Gasteiger partial charge in [0, 0.05) is 0 Å². The molecule has 1 aromatic rings. The third kappa shape index (κ3) is 4.14. The minimum atomic E-state index is -4.68. The summed E-state index contributed by atoms with van der Waals surface area (Å²) in [5.41, 5.74) is -0.511. The smallest absolute Gasteiger partial charge is 0.296 e. The summed E-state index contributed by atoms with van der Waals surface area (Å²) in [6.45, 7) is 0. The summed E-state index contributed by atoms with van der Waals surface area (Å²) < 4.78 is 61.6. The first-order chi connectivity index (χ1) is 8.55. The molecule has 0 fully saturated rings. The Kier molecular flexibility index (Phi) is 4.53. The van der Waals surface area contributed by atoms with E-state index in [1.54, 1.807) is 0 Å². The standard InChI is InChI=1S/C8H8ClNO7S2/c9-4-8(11)10-6-3-5(18(12,13)14)1-2-7(6)19(15,16)17/h1-3H,4H2,(H,10,11)(H,12,13,14)(H,15,16,17). The Bertz CT molecular complexity index is 711. The predicted octanol–water partition coefficient (Wildman–Crippen LogP) is 0.357. The number of rotatable bonds is 4. The summed E-state index contributed by atoms with van der Waals surface area (Å²) in [5.74, 6) is -1.33. The minimum absolute atomic E-state index is 0.511. The van der Waals surface area contributed by atoms with Crippen molar-refractivity contribution in [3.8, 4) is 0 Å². The molecule has 0 radical (unpaired) electrons. The van der Waals surface area contributed by atoms with Crippen LogP contribution in [0.25, 0.3) is 0 Å². The van der Waals surface area contributed by atoms with Crippen LogP contribution in [0.4, 0.5) is 5.69 Å². The van der Waals surface area contributed by atoms with E-state index in [1.165, 1.54) is 0 Å². The number of benzene rings is 1. The summed E-state index contributed by atoms with van der Waals surface area (Å²) in [7, 11) is -9.27. The molecule has 0 aliphatic carbocycles. The molecule has 1 amide bonds. The van der Waals surface area contributed by atoms with Crippen LogP contribution >= 0.6 is 11.6 Å². The van der Waals surface area contributed by atoms with E-state index in [0.29, 0.717) is 6.07 Å². The van der Waals surface area contributed by atoms with Gasteiger partial charge in [-0.2, -0.15) is 16.8 Å². The van der Waals surface area contributed by atoms with Crippen LogP contribution in [0.5, 0.6) is 0 Å². The monoisotopic (exact) mass is 329 g/mol. The maximum Gasteiger partial charge on any atom is 0.296 e. The van der Waals surface area contributed by atoms with E-state index in [1.807, 2.05) is 5.32 Å². The van der Waals surface area contributed by atoms with Crippen LogP contribution in [0.2, 0.25) is 0 Å². The van der Waals surface area contributed by atoms with Gasteiger partial charge in [-0.25, -0.2) is 0 Å². The van der Waals surface area contributed by atoms with Crippen molar-refractivity contribution in [3.05, 3.63) is 18.2 Å². The number of amides is 1. The molecule has 0 aliphatic rings. The van der Waals surface area contributed by atoms with Crippen molar-refractivity contribution in [2.75, 3.05) is 11.2 Å². The molecule has 0 atom stereocenters. The molecule has 1 aromatic carbocycles. The molecule has 0 spiro atoms. The Morgan fingerprint density at radius 3 is 2.16 bits per heavy atom. The number of carbonyl (C=O) groups excluding carboxylic acids is 1. The summed E-state index contributed by atoms with van der Waals surface area (Å²) in [4.78, 5) is 9.72. The molecule has 0 unspecified atom stereocenters. The molecule has 0 aromatic heterocycles. The lowest BCUT2D eigenvalue weighted by Crippen LogP contribution is -2.16. The Labute approximate surface area is 113 Å². The van der Waals surface area contributed by atoms with E-state index in [9.17, 15) is 21.6 Å². The zero-order valence-corrected chi connectivity index (χ0v) is 11.5. The van der Waals surface area contributed by atoms with Crippen molar-refractivity contribution >= 4 is 43.4 Å². The molecule has 0 saturated carbocycles. The average molecular weight is 330 g/mol. The van der Waals surface area contributed by atoms with Gasteiger partial charge >= 0.3 is 0 Å². The molecule has 1 rings (SSSR count). The van der Waals surface area contributed by atoms with Gasteiger partial charge in [-0.1, -0.05) is 0 Å². The first-order valence-electron chi connectivity index (χ1n) is 4.50. The van der Waals surface area contributed by atoms with E-state index in [2.05, 4.69) is 0 Å². The zero-order valence-electron chi connectivity index (χ0n) is 9.07. The van der Waals surface area contributed by atoms with Gasteiger partial charge in [-0.3, -0.25) is 13.9 Å². The summed E-state index contributed by atoms with van der Waals surface area (Å²) in [6.07, 6.45) is 0. The summed E-state index contributed by atoms with van der Waals surface area (Å²) in [6, 6.07) is 2.17. The Morgan fingerprint density at radius 2 is 1.74 bits per heavy atom. The van der Waals surface area contributed by atoms with Crippen LogP contribution in [-0.2, 0) is 25.0 Å². The second-order valence-corrected chi connectivity index (χ2v) is 6.37. The molecule has 106 valence electrons. The highest BCUT2D eigenvalue weighted by Gasteiger charge is 2.20. The fourth-order valence-electron chi connectivity index (χ4n) is 1.18. The van der Waals surface area contributed by atoms with Crippen LogP contribution in [-0.4, -0.2) is 37.7 Å². The molecule has 11 heteroatoms. The number of hydrogen-bond donors (Lipinski definition) is 3. The van der Waals surface area contributed by atoms with Crippen molar-refractivity contribution in [2.45, 2.75) is 9.79 Å². The number of halogens is 1.